The second-order valence-corrected chi connectivity index (χ2v) is 9.20. The number of esters is 1. The fourth-order valence-corrected chi connectivity index (χ4v) is 4.84. The van der Waals surface area contributed by atoms with E-state index in [1.54, 1.807) is 13.0 Å². The van der Waals surface area contributed by atoms with E-state index in [4.69, 9.17) is 9.84 Å². The van der Waals surface area contributed by atoms with Crippen LogP contribution >= 0.6 is 0 Å². The molecule has 180 valence electrons. The van der Waals surface area contributed by atoms with Crippen molar-refractivity contribution >= 4 is 17.6 Å². The Morgan fingerprint density at radius 1 is 1.18 bits per heavy atom. The maximum absolute atomic E-state index is 14.0. The van der Waals surface area contributed by atoms with Crippen molar-refractivity contribution < 1.29 is 18.7 Å². The van der Waals surface area contributed by atoms with E-state index >= 15 is 0 Å². The maximum Gasteiger partial charge on any atom is 0.310 e. The largest absolute Gasteiger partial charge is 0.466 e. The Balaban J connectivity index is 1.57. The predicted molar refractivity (Wildman–Crippen MR) is 129 cm³/mol. The van der Waals surface area contributed by atoms with Crippen molar-refractivity contribution in [2.45, 2.75) is 46.1 Å². The first-order valence-electron chi connectivity index (χ1n) is 12.0. The Kier molecular flexibility index (Phi) is 7.41. The van der Waals surface area contributed by atoms with E-state index in [0.29, 0.717) is 19.6 Å². The minimum atomic E-state index is -0.372. The molecule has 0 N–H and O–H groups in total. The average molecular weight is 466 g/mol. The lowest BCUT2D eigenvalue weighted by molar-refractivity contribution is -0.150. The third-order valence-corrected chi connectivity index (χ3v) is 6.59. The van der Waals surface area contributed by atoms with Gasteiger partial charge in [-0.1, -0.05) is 29.8 Å². The molecule has 0 aliphatic carbocycles. The molecule has 0 bridgehead atoms. The summed E-state index contributed by atoms with van der Waals surface area (Å²) in [7, 11) is 0. The molecule has 2 aromatic carbocycles. The first-order valence-corrected chi connectivity index (χ1v) is 12.0. The lowest BCUT2D eigenvalue weighted by atomic mass is 9.95. The summed E-state index contributed by atoms with van der Waals surface area (Å²) in [5, 5.41) is 6.27. The second-order valence-electron chi connectivity index (χ2n) is 9.20. The number of likely N-dealkylation sites (tertiary alicyclic amines) is 1. The molecule has 1 amide bonds. The van der Waals surface area contributed by atoms with E-state index in [2.05, 4.69) is 18.2 Å². The van der Waals surface area contributed by atoms with Crippen LogP contribution in [-0.2, 0) is 14.3 Å². The number of amides is 1. The molecule has 7 heteroatoms. The van der Waals surface area contributed by atoms with Gasteiger partial charge in [0.25, 0.3) is 5.91 Å². The Hall–Kier alpha value is -3.06. The number of nitrogens with zero attached hydrogens (tertiary/aromatic N) is 3. The third kappa shape index (κ3) is 5.36. The summed E-state index contributed by atoms with van der Waals surface area (Å²) in [6.45, 7) is 7.61. The molecular weight excluding hydrogens is 433 g/mol. The van der Waals surface area contributed by atoms with E-state index in [9.17, 15) is 14.0 Å². The molecule has 34 heavy (non-hydrogen) atoms. The molecule has 0 aromatic heterocycles. The van der Waals surface area contributed by atoms with Gasteiger partial charge >= 0.3 is 5.97 Å². The van der Waals surface area contributed by atoms with Crippen LogP contribution < -0.4 is 0 Å². The summed E-state index contributed by atoms with van der Waals surface area (Å²) >= 11 is 0. The van der Waals surface area contributed by atoms with Gasteiger partial charge in [-0.05, 0) is 69.5 Å². The summed E-state index contributed by atoms with van der Waals surface area (Å²) < 4.78 is 19.2. The number of aryl methyl sites for hydroxylation is 2. The second kappa shape index (κ2) is 10.5. The molecule has 1 saturated heterocycles. The van der Waals surface area contributed by atoms with Crippen molar-refractivity contribution in [3.05, 3.63) is 70.5 Å². The average Bonchev–Trinajstić information content (AvgIpc) is 3.26. The lowest BCUT2D eigenvalue weighted by Crippen LogP contribution is -2.44. The number of ether oxygens (including phenoxy) is 1. The van der Waals surface area contributed by atoms with Gasteiger partial charge in [-0.25, -0.2) is 9.40 Å². The van der Waals surface area contributed by atoms with Crippen molar-refractivity contribution in [3.8, 4) is 0 Å². The monoisotopic (exact) mass is 465 g/mol. The third-order valence-electron chi connectivity index (χ3n) is 6.59. The van der Waals surface area contributed by atoms with Crippen LogP contribution in [0.15, 0.2) is 47.6 Å². The molecule has 0 radical (unpaired) electrons. The van der Waals surface area contributed by atoms with Gasteiger partial charge in [0.05, 0.1) is 30.8 Å². The Labute approximate surface area is 200 Å². The van der Waals surface area contributed by atoms with Crippen LogP contribution in [-0.4, -0.2) is 53.7 Å². The summed E-state index contributed by atoms with van der Waals surface area (Å²) in [6.07, 6.45) is 2.13. The number of hydrogen-bond acceptors (Lipinski definition) is 5. The van der Waals surface area contributed by atoms with E-state index < -0.39 is 0 Å². The summed E-state index contributed by atoms with van der Waals surface area (Å²) in [5.41, 5.74) is 4.77. The fraction of sp³-hybridized carbons (Fsp3) is 0.444. The zero-order valence-corrected chi connectivity index (χ0v) is 20.1. The Morgan fingerprint density at radius 2 is 2.00 bits per heavy atom. The van der Waals surface area contributed by atoms with E-state index in [-0.39, 0.29) is 36.2 Å². The number of rotatable bonds is 6. The van der Waals surface area contributed by atoms with Crippen molar-refractivity contribution in [1.29, 1.82) is 0 Å². The molecule has 0 unspecified atom stereocenters. The Morgan fingerprint density at radius 3 is 2.76 bits per heavy atom. The van der Waals surface area contributed by atoms with E-state index in [1.165, 1.54) is 17.1 Å². The Bertz CT molecular complexity index is 1100. The number of halogens is 1. The van der Waals surface area contributed by atoms with Crippen molar-refractivity contribution in [2.75, 3.05) is 26.2 Å². The van der Waals surface area contributed by atoms with Crippen LogP contribution in [0.4, 0.5) is 4.39 Å². The molecule has 1 fully saturated rings. The smallest absolute Gasteiger partial charge is 0.310 e. The van der Waals surface area contributed by atoms with Crippen LogP contribution in [0.3, 0.4) is 0 Å². The number of hydrazone groups is 1. The number of carbonyl (C=O) groups is 2. The number of benzene rings is 2. The fourth-order valence-electron chi connectivity index (χ4n) is 4.84. The van der Waals surface area contributed by atoms with Crippen molar-refractivity contribution in [3.63, 3.8) is 0 Å². The molecule has 0 saturated carbocycles. The highest BCUT2D eigenvalue weighted by Crippen LogP contribution is 2.34. The lowest BCUT2D eigenvalue weighted by Gasteiger charge is -2.32. The SMILES string of the molecule is CCOC(=O)[C@@H]1CCCN(CC(=O)N2N=C(c3cc(C)ccc3C)C[C@H]2c2cccc(F)c2)C1. The molecule has 2 aliphatic heterocycles. The normalized spacial score (nSPS) is 20.8. The van der Waals surface area contributed by atoms with Gasteiger partial charge in [0.1, 0.15) is 5.82 Å². The minimum Gasteiger partial charge on any atom is -0.466 e. The van der Waals surface area contributed by atoms with E-state index in [0.717, 1.165) is 47.4 Å². The molecular formula is C27H32FN3O3. The molecule has 2 heterocycles. The zero-order valence-electron chi connectivity index (χ0n) is 20.1. The quantitative estimate of drug-likeness (QED) is 0.594. The highest BCUT2D eigenvalue weighted by atomic mass is 19.1. The number of piperidine rings is 1. The number of hydrogen-bond donors (Lipinski definition) is 0. The van der Waals surface area contributed by atoms with E-state index in [1.807, 2.05) is 24.8 Å². The minimum absolute atomic E-state index is 0.154. The highest BCUT2D eigenvalue weighted by molar-refractivity contribution is 6.04. The first kappa shape index (κ1) is 24.1. The topological polar surface area (TPSA) is 62.2 Å². The molecule has 6 nitrogen and oxygen atoms in total. The van der Waals surface area contributed by atoms with Crippen LogP contribution in [0.5, 0.6) is 0 Å². The van der Waals surface area contributed by atoms with Crippen LogP contribution in [0, 0.1) is 25.6 Å². The van der Waals surface area contributed by atoms with Gasteiger partial charge in [0, 0.05) is 18.5 Å². The molecule has 2 aromatic rings. The van der Waals surface area contributed by atoms with Crippen molar-refractivity contribution in [2.24, 2.45) is 11.0 Å². The summed E-state index contributed by atoms with van der Waals surface area (Å²) in [4.78, 5) is 27.7. The molecule has 4 rings (SSSR count). The highest BCUT2D eigenvalue weighted by Gasteiger charge is 2.35. The standard InChI is InChI=1S/C27H32FN3O3/c1-4-34-27(33)21-8-6-12-30(16-21)17-26(32)31-25(20-7-5-9-22(28)14-20)15-24(29-31)23-13-18(2)10-11-19(23)3/h5,7,9-11,13-14,21,25H,4,6,8,12,15-17H2,1-3H3/t21-,25+/m1/s1. The van der Waals surface area contributed by atoms with Gasteiger partial charge in [0.15, 0.2) is 0 Å². The van der Waals surface area contributed by atoms with Crippen LogP contribution in [0.25, 0.3) is 0 Å². The van der Waals surface area contributed by atoms with Gasteiger partial charge in [-0.3, -0.25) is 14.5 Å². The molecule has 2 atom stereocenters. The summed E-state index contributed by atoms with van der Waals surface area (Å²) in [6, 6.07) is 12.2. The zero-order chi connectivity index (χ0) is 24.2. The maximum atomic E-state index is 14.0. The van der Waals surface area contributed by atoms with Crippen LogP contribution in [0.1, 0.15) is 54.5 Å². The van der Waals surface area contributed by atoms with Crippen LogP contribution in [0.2, 0.25) is 0 Å². The predicted octanol–water partition coefficient (Wildman–Crippen LogP) is 4.40. The first-order chi connectivity index (χ1) is 16.4. The molecule has 2 aliphatic rings. The van der Waals surface area contributed by atoms with Crippen molar-refractivity contribution in [1.82, 2.24) is 9.91 Å². The molecule has 0 spiro atoms. The van der Waals surface area contributed by atoms with Gasteiger partial charge in [-0.2, -0.15) is 5.10 Å². The van der Waals surface area contributed by atoms with Gasteiger partial charge in [-0.15, -0.1) is 0 Å². The summed E-state index contributed by atoms with van der Waals surface area (Å²) in [5.74, 6) is -0.903. The number of carbonyl (C=O) groups excluding carboxylic acids is 2. The van der Waals surface area contributed by atoms with Gasteiger partial charge in [0.2, 0.25) is 0 Å². The van der Waals surface area contributed by atoms with Gasteiger partial charge < -0.3 is 4.74 Å².